The molecule has 1 saturated heterocycles. The molecule has 1 rings (SSSR count). The molecule has 1 aliphatic heterocycles. The number of rotatable bonds is 2. The predicted molar refractivity (Wildman–Crippen MR) is 45.1 cm³/mol. The number of aliphatic hydroxyl groups is 1. The second-order valence-corrected chi connectivity index (χ2v) is 3.13. The fourth-order valence-electron chi connectivity index (χ4n) is 1.60. The molecule has 1 N–H and O–H groups in total. The maximum absolute atomic E-state index is 9.48. The number of hydrogen-bond donors (Lipinski definition) is 1. The summed E-state index contributed by atoms with van der Waals surface area (Å²) in [4.78, 5) is 2.12. The van der Waals surface area contributed by atoms with Gasteiger partial charge in [-0.15, -0.1) is 6.42 Å². The molecule has 0 aromatic carbocycles. The van der Waals surface area contributed by atoms with Gasteiger partial charge in [-0.3, -0.25) is 4.90 Å². The zero-order valence-corrected chi connectivity index (χ0v) is 6.95. The summed E-state index contributed by atoms with van der Waals surface area (Å²) >= 11 is 0. The van der Waals surface area contributed by atoms with E-state index in [1.165, 1.54) is 0 Å². The molecule has 0 saturated carbocycles. The Hall–Kier alpha value is -0.520. The van der Waals surface area contributed by atoms with Gasteiger partial charge >= 0.3 is 0 Å². The van der Waals surface area contributed by atoms with Gasteiger partial charge in [-0.1, -0.05) is 12.8 Å². The topological polar surface area (TPSA) is 23.5 Å². The van der Waals surface area contributed by atoms with Gasteiger partial charge in [0.2, 0.25) is 0 Å². The lowest BCUT2D eigenvalue weighted by Gasteiger charge is -2.09. The third-order valence-corrected chi connectivity index (χ3v) is 2.32. The van der Waals surface area contributed by atoms with E-state index in [-0.39, 0.29) is 6.10 Å². The quantitative estimate of drug-likeness (QED) is 0.578. The molecule has 0 spiro atoms. The monoisotopic (exact) mass is 153 g/mol. The van der Waals surface area contributed by atoms with Crippen molar-refractivity contribution in [2.45, 2.75) is 19.4 Å². The molecule has 62 valence electrons. The standard InChI is InChI=1S/C9H15NO/c1-3-5-10-6-8(4-2)9(11)7-10/h1,8-9,11H,4-7H2,2H3. The van der Waals surface area contributed by atoms with Gasteiger partial charge in [0, 0.05) is 13.1 Å². The number of terminal acetylenes is 1. The number of likely N-dealkylation sites (tertiary alicyclic amines) is 1. The maximum Gasteiger partial charge on any atom is 0.0707 e. The molecular formula is C9H15NO. The van der Waals surface area contributed by atoms with Crippen molar-refractivity contribution >= 4 is 0 Å². The summed E-state index contributed by atoms with van der Waals surface area (Å²) in [7, 11) is 0. The third kappa shape index (κ3) is 1.95. The lowest BCUT2D eigenvalue weighted by molar-refractivity contribution is 0.141. The van der Waals surface area contributed by atoms with Gasteiger partial charge in [0.05, 0.1) is 12.6 Å². The van der Waals surface area contributed by atoms with Crippen molar-refractivity contribution in [3.8, 4) is 12.3 Å². The summed E-state index contributed by atoms with van der Waals surface area (Å²) in [5, 5.41) is 9.48. The summed E-state index contributed by atoms with van der Waals surface area (Å²) in [6, 6.07) is 0. The first kappa shape index (κ1) is 8.58. The molecule has 2 nitrogen and oxygen atoms in total. The van der Waals surface area contributed by atoms with Gasteiger partial charge in [0.1, 0.15) is 0 Å². The number of nitrogens with zero attached hydrogens (tertiary/aromatic N) is 1. The van der Waals surface area contributed by atoms with Crippen LogP contribution in [0.1, 0.15) is 13.3 Å². The minimum absolute atomic E-state index is 0.159. The van der Waals surface area contributed by atoms with E-state index >= 15 is 0 Å². The SMILES string of the molecule is C#CCN1CC(O)C(CC)C1. The Labute approximate surface area is 68.2 Å². The summed E-state index contributed by atoms with van der Waals surface area (Å²) < 4.78 is 0. The van der Waals surface area contributed by atoms with Gasteiger partial charge in [-0.2, -0.15) is 0 Å². The van der Waals surface area contributed by atoms with Crippen molar-refractivity contribution in [1.29, 1.82) is 0 Å². The zero-order valence-electron chi connectivity index (χ0n) is 6.95. The average Bonchev–Trinajstić information content (AvgIpc) is 2.32. The van der Waals surface area contributed by atoms with Crippen LogP contribution in [0, 0.1) is 18.3 Å². The Bertz CT molecular complexity index is 161. The van der Waals surface area contributed by atoms with Crippen LogP contribution in [0.25, 0.3) is 0 Å². The van der Waals surface area contributed by atoms with Crippen LogP contribution in [0.15, 0.2) is 0 Å². The highest BCUT2D eigenvalue weighted by molar-refractivity contribution is 4.93. The van der Waals surface area contributed by atoms with Crippen LogP contribution in [-0.4, -0.2) is 35.7 Å². The molecule has 1 fully saturated rings. The molecule has 1 aliphatic rings. The molecule has 0 radical (unpaired) electrons. The molecule has 0 aromatic heterocycles. The van der Waals surface area contributed by atoms with Crippen molar-refractivity contribution in [3.05, 3.63) is 0 Å². The second-order valence-electron chi connectivity index (χ2n) is 3.13. The molecule has 0 aliphatic carbocycles. The maximum atomic E-state index is 9.48. The van der Waals surface area contributed by atoms with Gasteiger partial charge in [0.15, 0.2) is 0 Å². The van der Waals surface area contributed by atoms with Crippen molar-refractivity contribution < 1.29 is 5.11 Å². The summed E-state index contributed by atoms with van der Waals surface area (Å²) in [5.74, 6) is 3.02. The molecule has 2 unspecified atom stereocenters. The first-order valence-electron chi connectivity index (χ1n) is 4.11. The Kier molecular flexibility index (Phi) is 2.92. The summed E-state index contributed by atoms with van der Waals surface area (Å²) in [5.41, 5.74) is 0. The van der Waals surface area contributed by atoms with E-state index in [0.29, 0.717) is 12.5 Å². The van der Waals surface area contributed by atoms with Crippen molar-refractivity contribution in [2.75, 3.05) is 19.6 Å². The normalized spacial score (nSPS) is 32.1. The molecule has 0 aromatic rings. The van der Waals surface area contributed by atoms with E-state index in [1.807, 2.05) is 0 Å². The first-order valence-corrected chi connectivity index (χ1v) is 4.11. The molecule has 1 heterocycles. The Morgan fingerprint density at radius 1 is 1.64 bits per heavy atom. The smallest absolute Gasteiger partial charge is 0.0707 e. The lowest BCUT2D eigenvalue weighted by Crippen LogP contribution is -2.21. The van der Waals surface area contributed by atoms with E-state index in [1.54, 1.807) is 0 Å². The van der Waals surface area contributed by atoms with Crippen molar-refractivity contribution in [1.82, 2.24) is 4.90 Å². The predicted octanol–water partition coefficient (Wildman–Crippen LogP) is 0.322. The molecule has 11 heavy (non-hydrogen) atoms. The highest BCUT2D eigenvalue weighted by Crippen LogP contribution is 2.18. The lowest BCUT2D eigenvalue weighted by atomic mass is 10.0. The highest BCUT2D eigenvalue weighted by atomic mass is 16.3. The van der Waals surface area contributed by atoms with Gasteiger partial charge in [0.25, 0.3) is 0 Å². The molecule has 2 atom stereocenters. The largest absolute Gasteiger partial charge is 0.391 e. The van der Waals surface area contributed by atoms with E-state index in [2.05, 4.69) is 17.7 Å². The molecule has 0 bridgehead atoms. The second kappa shape index (κ2) is 3.75. The first-order chi connectivity index (χ1) is 5.27. The van der Waals surface area contributed by atoms with Crippen LogP contribution in [0.4, 0.5) is 0 Å². The Balaban J connectivity index is 2.38. The number of hydrogen-bond acceptors (Lipinski definition) is 2. The fraction of sp³-hybridized carbons (Fsp3) is 0.778. The van der Waals surface area contributed by atoms with Crippen LogP contribution in [0.3, 0.4) is 0 Å². The number of β-amino-alcohol motifs (C(OH)–C–C–N with tert-alkyl or cyclic N) is 1. The van der Waals surface area contributed by atoms with Gasteiger partial charge in [-0.25, -0.2) is 0 Å². The molecule has 0 amide bonds. The van der Waals surface area contributed by atoms with Crippen LogP contribution >= 0.6 is 0 Å². The van der Waals surface area contributed by atoms with E-state index in [9.17, 15) is 5.11 Å². The van der Waals surface area contributed by atoms with Crippen molar-refractivity contribution in [3.63, 3.8) is 0 Å². The van der Waals surface area contributed by atoms with Crippen LogP contribution in [0.2, 0.25) is 0 Å². The molecule has 2 heteroatoms. The Morgan fingerprint density at radius 3 is 2.82 bits per heavy atom. The van der Waals surface area contributed by atoms with Crippen LogP contribution in [0.5, 0.6) is 0 Å². The number of aliphatic hydroxyl groups excluding tert-OH is 1. The third-order valence-electron chi connectivity index (χ3n) is 2.32. The minimum Gasteiger partial charge on any atom is -0.391 e. The minimum atomic E-state index is -0.159. The zero-order chi connectivity index (χ0) is 8.27. The van der Waals surface area contributed by atoms with E-state index in [4.69, 9.17) is 6.42 Å². The van der Waals surface area contributed by atoms with E-state index < -0.39 is 0 Å². The van der Waals surface area contributed by atoms with Gasteiger partial charge < -0.3 is 5.11 Å². The van der Waals surface area contributed by atoms with Gasteiger partial charge in [-0.05, 0) is 12.3 Å². The average molecular weight is 153 g/mol. The summed E-state index contributed by atoms with van der Waals surface area (Å²) in [6.45, 7) is 4.49. The van der Waals surface area contributed by atoms with Crippen LogP contribution in [-0.2, 0) is 0 Å². The fourth-order valence-corrected chi connectivity index (χ4v) is 1.60. The Morgan fingerprint density at radius 2 is 2.36 bits per heavy atom. The summed E-state index contributed by atoms with van der Waals surface area (Å²) in [6.07, 6.45) is 6.05. The molecular weight excluding hydrogens is 138 g/mol. The van der Waals surface area contributed by atoms with Crippen molar-refractivity contribution in [2.24, 2.45) is 5.92 Å². The highest BCUT2D eigenvalue weighted by Gasteiger charge is 2.28. The van der Waals surface area contributed by atoms with E-state index in [0.717, 1.165) is 19.5 Å². The van der Waals surface area contributed by atoms with Crippen LogP contribution < -0.4 is 0 Å².